The summed E-state index contributed by atoms with van der Waals surface area (Å²) in [5.41, 5.74) is 0. The molecule has 2 unspecified atom stereocenters. The molecule has 0 heterocycles. The van der Waals surface area contributed by atoms with Gasteiger partial charge in [0.1, 0.15) is 12.4 Å². The lowest BCUT2D eigenvalue weighted by Crippen LogP contribution is -2.23. The molecule has 0 bridgehead atoms. The Morgan fingerprint density at radius 3 is 2.67 bits per heavy atom. The summed E-state index contributed by atoms with van der Waals surface area (Å²) in [5.74, 6) is 1.79. The molecule has 15 heavy (non-hydrogen) atoms. The van der Waals surface area contributed by atoms with Crippen molar-refractivity contribution in [2.24, 2.45) is 5.92 Å². The highest BCUT2D eigenvalue weighted by Crippen LogP contribution is 2.28. The summed E-state index contributed by atoms with van der Waals surface area (Å²) >= 11 is 3.39. The predicted octanol–water partition coefficient (Wildman–Crippen LogP) is 2.83. The van der Waals surface area contributed by atoms with Gasteiger partial charge in [0, 0.05) is 17.1 Å². The Balaban J connectivity index is 1.63. The van der Waals surface area contributed by atoms with E-state index in [1.54, 1.807) is 0 Å². The van der Waals surface area contributed by atoms with Crippen LogP contribution in [0, 0.1) is 5.92 Å². The fourth-order valence-electron chi connectivity index (χ4n) is 1.55. The van der Waals surface area contributed by atoms with Gasteiger partial charge in [0.25, 0.3) is 0 Å². The van der Waals surface area contributed by atoms with Gasteiger partial charge in [0.05, 0.1) is 0 Å². The average Bonchev–Trinajstić information content (AvgIpc) is 2.92. The molecule has 0 saturated heterocycles. The van der Waals surface area contributed by atoms with Crippen molar-refractivity contribution in [3.63, 3.8) is 0 Å². The van der Waals surface area contributed by atoms with Crippen LogP contribution in [0.15, 0.2) is 28.7 Å². The van der Waals surface area contributed by atoms with Crippen LogP contribution in [0.3, 0.4) is 0 Å². The smallest absolute Gasteiger partial charge is 0.119 e. The number of rotatable bonds is 5. The molecule has 0 radical (unpaired) electrons. The topological polar surface area (TPSA) is 21.3 Å². The summed E-state index contributed by atoms with van der Waals surface area (Å²) in [7, 11) is 0. The minimum atomic E-state index is 0.735. The van der Waals surface area contributed by atoms with Gasteiger partial charge in [-0.25, -0.2) is 0 Å². The van der Waals surface area contributed by atoms with Crippen LogP contribution in [0.25, 0.3) is 0 Å². The van der Waals surface area contributed by atoms with E-state index in [9.17, 15) is 0 Å². The quantitative estimate of drug-likeness (QED) is 0.831. The molecule has 82 valence electrons. The van der Waals surface area contributed by atoms with Gasteiger partial charge in [-0.15, -0.1) is 0 Å². The Kier molecular flexibility index (Phi) is 3.65. The first-order chi connectivity index (χ1) is 7.25. The molecule has 0 aliphatic heterocycles. The summed E-state index contributed by atoms with van der Waals surface area (Å²) in [6.07, 6.45) is 1.32. The maximum absolute atomic E-state index is 5.59. The summed E-state index contributed by atoms with van der Waals surface area (Å²) in [6, 6.07) is 8.67. The zero-order valence-electron chi connectivity index (χ0n) is 8.87. The zero-order chi connectivity index (χ0) is 10.7. The molecule has 2 nitrogen and oxygen atoms in total. The second-order valence-electron chi connectivity index (χ2n) is 4.08. The van der Waals surface area contributed by atoms with Crippen molar-refractivity contribution in [3.05, 3.63) is 28.7 Å². The molecule has 0 spiro atoms. The number of benzene rings is 1. The maximum atomic E-state index is 5.59. The van der Waals surface area contributed by atoms with Crippen molar-refractivity contribution in [2.75, 3.05) is 13.2 Å². The van der Waals surface area contributed by atoms with Crippen LogP contribution < -0.4 is 10.1 Å². The van der Waals surface area contributed by atoms with Crippen LogP contribution in [0.1, 0.15) is 13.3 Å². The molecule has 1 aromatic rings. The summed E-state index contributed by atoms with van der Waals surface area (Å²) in [4.78, 5) is 0. The minimum Gasteiger partial charge on any atom is -0.492 e. The highest BCUT2D eigenvalue weighted by molar-refractivity contribution is 9.10. The fraction of sp³-hybridized carbons (Fsp3) is 0.500. The first-order valence-electron chi connectivity index (χ1n) is 5.37. The monoisotopic (exact) mass is 269 g/mol. The number of nitrogens with one attached hydrogen (secondary N) is 1. The molecule has 0 aromatic heterocycles. The number of halogens is 1. The highest BCUT2D eigenvalue weighted by atomic mass is 79.9. The molecular weight excluding hydrogens is 254 g/mol. The van der Waals surface area contributed by atoms with Crippen LogP contribution in [0.5, 0.6) is 5.75 Å². The highest BCUT2D eigenvalue weighted by Gasteiger charge is 2.31. The predicted molar refractivity (Wildman–Crippen MR) is 65.2 cm³/mol. The third-order valence-corrected chi connectivity index (χ3v) is 3.23. The van der Waals surface area contributed by atoms with E-state index in [2.05, 4.69) is 28.2 Å². The Hall–Kier alpha value is -0.540. The van der Waals surface area contributed by atoms with Crippen LogP contribution in [0.4, 0.5) is 0 Å². The van der Waals surface area contributed by atoms with Crippen molar-refractivity contribution < 1.29 is 4.74 Å². The molecule has 1 aliphatic carbocycles. The van der Waals surface area contributed by atoms with E-state index >= 15 is 0 Å². The van der Waals surface area contributed by atoms with E-state index in [1.165, 1.54) is 6.42 Å². The van der Waals surface area contributed by atoms with Gasteiger partial charge >= 0.3 is 0 Å². The van der Waals surface area contributed by atoms with Crippen LogP contribution in [0.2, 0.25) is 0 Å². The Morgan fingerprint density at radius 1 is 1.40 bits per heavy atom. The molecule has 2 rings (SSSR count). The summed E-state index contributed by atoms with van der Waals surface area (Å²) in [6.45, 7) is 3.95. The lowest BCUT2D eigenvalue weighted by molar-refractivity contribution is 0.312. The lowest BCUT2D eigenvalue weighted by Gasteiger charge is -2.06. The van der Waals surface area contributed by atoms with Crippen LogP contribution >= 0.6 is 15.9 Å². The average molecular weight is 270 g/mol. The first kappa shape index (κ1) is 11.0. The second kappa shape index (κ2) is 4.99. The minimum absolute atomic E-state index is 0.735. The van der Waals surface area contributed by atoms with E-state index in [1.807, 2.05) is 24.3 Å². The van der Waals surface area contributed by atoms with Gasteiger partial charge in [-0.1, -0.05) is 22.9 Å². The van der Waals surface area contributed by atoms with E-state index in [4.69, 9.17) is 4.74 Å². The van der Waals surface area contributed by atoms with Gasteiger partial charge in [-0.3, -0.25) is 0 Å². The van der Waals surface area contributed by atoms with Crippen molar-refractivity contribution in [3.8, 4) is 5.75 Å². The molecule has 1 fully saturated rings. The second-order valence-corrected chi connectivity index (χ2v) is 4.99. The molecule has 0 amide bonds. The Labute approximate surface area is 99.1 Å². The van der Waals surface area contributed by atoms with E-state index in [0.717, 1.165) is 35.3 Å². The van der Waals surface area contributed by atoms with Gasteiger partial charge < -0.3 is 10.1 Å². The zero-order valence-corrected chi connectivity index (χ0v) is 10.5. The van der Waals surface area contributed by atoms with Gasteiger partial charge in [-0.05, 0) is 36.6 Å². The lowest BCUT2D eigenvalue weighted by atomic mass is 10.3. The van der Waals surface area contributed by atoms with Crippen LogP contribution in [-0.2, 0) is 0 Å². The maximum Gasteiger partial charge on any atom is 0.119 e. The van der Waals surface area contributed by atoms with Crippen molar-refractivity contribution in [2.45, 2.75) is 19.4 Å². The SMILES string of the molecule is CC1CC1NCCOc1ccc(Br)cc1. The van der Waals surface area contributed by atoms with Gasteiger partial charge in [0.2, 0.25) is 0 Å². The third kappa shape index (κ3) is 3.50. The van der Waals surface area contributed by atoms with Gasteiger partial charge in [0.15, 0.2) is 0 Å². The third-order valence-electron chi connectivity index (χ3n) is 2.70. The Bertz CT molecular complexity index is 312. The van der Waals surface area contributed by atoms with E-state index in [-0.39, 0.29) is 0 Å². The van der Waals surface area contributed by atoms with Crippen molar-refractivity contribution in [1.82, 2.24) is 5.32 Å². The van der Waals surface area contributed by atoms with Gasteiger partial charge in [-0.2, -0.15) is 0 Å². The summed E-state index contributed by atoms with van der Waals surface area (Å²) < 4.78 is 6.67. The van der Waals surface area contributed by atoms with E-state index < -0.39 is 0 Å². The molecule has 1 N–H and O–H groups in total. The molecule has 3 heteroatoms. The van der Waals surface area contributed by atoms with Crippen molar-refractivity contribution in [1.29, 1.82) is 0 Å². The standard InChI is InChI=1S/C12H16BrNO/c1-9-8-12(9)14-6-7-15-11-4-2-10(13)3-5-11/h2-5,9,12,14H,6-8H2,1H3. The molecule has 1 aliphatic rings. The Morgan fingerprint density at radius 2 is 2.07 bits per heavy atom. The number of hydrogen-bond acceptors (Lipinski definition) is 2. The largest absolute Gasteiger partial charge is 0.492 e. The summed E-state index contributed by atoms with van der Waals surface area (Å²) in [5, 5.41) is 3.45. The molecular formula is C12H16BrNO. The molecule has 1 saturated carbocycles. The van der Waals surface area contributed by atoms with Crippen molar-refractivity contribution >= 4 is 15.9 Å². The van der Waals surface area contributed by atoms with Crippen LogP contribution in [-0.4, -0.2) is 19.2 Å². The number of hydrogen-bond donors (Lipinski definition) is 1. The van der Waals surface area contributed by atoms with E-state index in [0.29, 0.717) is 0 Å². The fourth-order valence-corrected chi connectivity index (χ4v) is 1.81. The molecule has 2 atom stereocenters. The number of ether oxygens (including phenoxy) is 1. The first-order valence-corrected chi connectivity index (χ1v) is 6.17. The normalized spacial score (nSPS) is 23.9. The molecule has 1 aromatic carbocycles.